The number of benzene rings is 2. The monoisotopic (exact) mass is 327 g/mol. The van der Waals surface area contributed by atoms with Gasteiger partial charge in [-0.1, -0.05) is 30.3 Å². The summed E-state index contributed by atoms with van der Waals surface area (Å²) in [4.78, 5) is 25.4. The maximum atomic E-state index is 13.3. The molecule has 0 fully saturated rings. The van der Waals surface area contributed by atoms with Gasteiger partial charge in [0, 0.05) is 12.2 Å². The van der Waals surface area contributed by atoms with Crippen molar-refractivity contribution >= 4 is 17.6 Å². The molecule has 24 heavy (non-hydrogen) atoms. The Kier molecular flexibility index (Phi) is 4.74. The zero-order valence-corrected chi connectivity index (χ0v) is 13.1. The number of carbonyl (C=O) groups excluding carboxylic acids is 2. The van der Waals surface area contributed by atoms with Gasteiger partial charge in [-0.25, -0.2) is 9.18 Å². The van der Waals surface area contributed by atoms with E-state index in [0.29, 0.717) is 17.8 Å². The third kappa shape index (κ3) is 3.90. The Balaban J connectivity index is 1.52. The number of anilines is 1. The quantitative estimate of drug-likeness (QED) is 0.886. The highest BCUT2D eigenvalue weighted by molar-refractivity contribution is 5.94. The number of hydrogen-bond acceptors (Lipinski definition) is 2. The fraction of sp³-hybridized carbons (Fsp3) is 0.222. The number of urea groups is 1. The Labute approximate surface area is 139 Å². The Bertz CT molecular complexity index is 749. The molecule has 1 heterocycles. The molecule has 0 saturated carbocycles. The van der Waals surface area contributed by atoms with E-state index in [4.69, 9.17) is 0 Å². The fourth-order valence-electron chi connectivity index (χ4n) is 2.63. The molecular formula is C18H18FN3O2. The number of nitrogens with one attached hydrogen (secondary N) is 2. The average molecular weight is 327 g/mol. The maximum absolute atomic E-state index is 13.3. The van der Waals surface area contributed by atoms with Crippen LogP contribution >= 0.6 is 0 Å². The highest BCUT2D eigenvalue weighted by Crippen LogP contribution is 2.23. The third-order valence-electron chi connectivity index (χ3n) is 3.87. The van der Waals surface area contributed by atoms with Crippen molar-refractivity contribution in [3.05, 3.63) is 65.5 Å². The second-order valence-corrected chi connectivity index (χ2v) is 5.67. The van der Waals surface area contributed by atoms with Gasteiger partial charge in [0.2, 0.25) is 5.91 Å². The zero-order valence-electron chi connectivity index (χ0n) is 13.1. The summed E-state index contributed by atoms with van der Waals surface area (Å²) in [5.74, 6) is -0.599. The molecular weight excluding hydrogens is 309 g/mol. The summed E-state index contributed by atoms with van der Waals surface area (Å²) >= 11 is 0. The first kappa shape index (κ1) is 16.0. The standard InChI is InChI=1S/C18H18FN3O2/c19-15-6-7-16-14(10-15)11-22(18(24)21-16)12-17(23)20-9-8-13-4-2-1-3-5-13/h1-7,10H,8-9,11-12H2,(H,20,23)(H,21,24). The number of amides is 3. The van der Waals surface area contributed by atoms with Crippen LogP contribution < -0.4 is 10.6 Å². The smallest absolute Gasteiger partial charge is 0.322 e. The van der Waals surface area contributed by atoms with Gasteiger partial charge in [-0.15, -0.1) is 0 Å². The number of nitrogens with zero attached hydrogens (tertiary/aromatic N) is 1. The highest BCUT2D eigenvalue weighted by atomic mass is 19.1. The second kappa shape index (κ2) is 7.12. The average Bonchev–Trinajstić information content (AvgIpc) is 2.57. The molecule has 6 heteroatoms. The van der Waals surface area contributed by atoms with Gasteiger partial charge in [-0.05, 0) is 35.7 Å². The van der Waals surface area contributed by atoms with Crippen LogP contribution in [0.2, 0.25) is 0 Å². The van der Waals surface area contributed by atoms with Gasteiger partial charge in [-0.3, -0.25) is 4.79 Å². The predicted molar refractivity (Wildman–Crippen MR) is 89.0 cm³/mol. The molecule has 2 N–H and O–H groups in total. The summed E-state index contributed by atoms with van der Waals surface area (Å²) in [6, 6.07) is 13.7. The Morgan fingerprint density at radius 2 is 2.00 bits per heavy atom. The Morgan fingerprint density at radius 3 is 2.79 bits per heavy atom. The van der Waals surface area contributed by atoms with Crippen LogP contribution in [0.3, 0.4) is 0 Å². The molecule has 124 valence electrons. The van der Waals surface area contributed by atoms with Crippen molar-refractivity contribution in [2.75, 3.05) is 18.4 Å². The lowest BCUT2D eigenvalue weighted by Crippen LogP contribution is -2.45. The first-order chi connectivity index (χ1) is 11.6. The summed E-state index contributed by atoms with van der Waals surface area (Å²) in [5, 5.41) is 5.46. The van der Waals surface area contributed by atoms with E-state index in [1.54, 1.807) is 0 Å². The largest absolute Gasteiger partial charge is 0.354 e. The van der Waals surface area contributed by atoms with Gasteiger partial charge in [-0.2, -0.15) is 0 Å². The third-order valence-corrected chi connectivity index (χ3v) is 3.87. The number of rotatable bonds is 5. The van der Waals surface area contributed by atoms with E-state index >= 15 is 0 Å². The van der Waals surface area contributed by atoms with Crippen LogP contribution in [0.15, 0.2) is 48.5 Å². The van der Waals surface area contributed by atoms with Crippen LogP contribution in [0.5, 0.6) is 0 Å². The molecule has 0 spiro atoms. The summed E-state index contributed by atoms with van der Waals surface area (Å²) in [6.07, 6.45) is 0.729. The van der Waals surface area contributed by atoms with Crippen molar-refractivity contribution < 1.29 is 14.0 Å². The van der Waals surface area contributed by atoms with Crippen LogP contribution in [0.1, 0.15) is 11.1 Å². The van der Waals surface area contributed by atoms with Gasteiger partial charge in [0.25, 0.3) is 0 Å². The SMILES string of the molecule is O=C(CN1Cc2cc(F)ccc2NC1=O)NCCc1ccccc1. The van der Waals surface area contributed by atoms with Gasteiger partial charge >= 0.3 is 6.03 Å². The predicted octanol–water partition coefficient (Wildman–Crippen LogP) is 2.53. The van der Waals surface area contributed by atoms with Gasteiger partial charge in [0.05, 0.1) is 6.54 Å². The minimum absolute atomic E-state index is 0.0590. The molecule has 2 aromatic rings. The first-order valence-corrected chi connectivity index (χ1v) is 7.77. The molecule has 0 saturated heterocycles. The van der Waals surface area contributed by atoms with Crippen LogP contribution in [-0.2, 0) is 17.8 Å². The van der Waals surface area contributed by atoms with E-state index in [2.05, 4.69) is 10.6 Å². The van der Waals surface area contributed by atoms with E-state index in [-0.39, 0.29) is 30.8 Å². The van der Waals surface area contributed by atoms with E-state index in [1.165, 1.54) is 23.1 Å². The van der Waals surface area contributed by atoms with Gasteiger partial charge in [0.15, 0.2) is 0 Å². The van der Waals surface area contributed by atoms with Crippen molar-refractivity contribution in [3.63, 3.8) is 0 Å². The van der Waals surface area contributed by atoms with Crippen LogP contribution in [0, 0.1) is 5.82 Å². The highest BCUT2D eigenvalue weighted by Gasteiger charge is 2.24. The molecule has 1 aliphatic rings. The topological polar surface area (TPSA) is 61.4 Å². The van der Waals surface area contributed by atoms with Gasteiger partial charge < -0.3 is 15.5 Å². The second-order valence-electron chi connectivity index (χ2n) is 5.67. The number of hydrogen-bond donors (Lipinski definition) is 2. The molecule has 3 rings (SSSR count). The molecule has 0 atom stereocenters. The number of fused-ring (bicyclic) bond motifs is 1. The molecule has 0 unspecified atom stereocenters. The number of halogens is 1. The van der Waals surface area contributed by atoms with E-state index < -0.39 is 0 Å². The fourth-order valence-corrected chi connectivity index (χ4v) is 2.63. The van der Waals surface area contributed by atoms with Gasteiger partial charge in [0.1, 0.15) is 12.4 Å². The molecule has 2 aromatic carbocycles. The Morgan fingerprint density at radius 1 is 1.21 bits per heavy atom. The number of carbonyl (C=O) groups is 2. The molecule has 3 amide bonds. The van der Waals surface area contributed by atoms with Crippen LogP contribution in [0.4, 0.5) is 14.9 Å². The van der Waals surface area contributed by atoms with Crippen molar-refractivity contribution in [1.82, 2.24) is 10.2 Å². The van der Waals surface area contributed by atoms with Crippen molar-refractivity contribution in [1.29, 1.82) is 0 Å². The minimum atomic E-state index is -0.364. The normalized spacial score (nSPS) is 13.2. The lowest BCUT2D eigenvalue weighted by Gasteiger charge is -2.28. The van der Waals surface area contributed by atoms with Crippen LogP contribution in [-0.4, -0.2) is 29.9 Å². The summed E-state index contributed by atoms with van der Waals surface area (Å²) < 4.78 is 13.3. The molecule has 5 nitrogen and oxygen atoms in total. The van der Waals surface area contributed by atoms with Crippen molar-refractivity contribution in [2.24, 2.45) is 0 Å². The van der Waals surface area contributed by atoms with E-state index in [9.17, 15) is 14.0 Å². The summed E-state index contributed by atoms with van der Waals surface area (Å²) in [5.41, 5.74) is 2.38. The Hall–Kier alpha value is -2.89. The molecule has 1 aliphatic heterocycles. The molecule has 0 aliphatic carbocycles. The zero-order chi connectivity index (χ0) is 16.9. The lowest BCUT2D eigenvalue weighted by molar-refractivity contribution is -0.121. The summed E-state index contributed by atoms with van der Waals surface area (Å²) in [7, 11) is 0. The molecule has 0 bridgehead atoms. The maximum Gasteiger partial charge on any atom is 0.322 e. The van der Waals surface area contributed by atoms with Crippen molar-refractivity contribution in [3.8, 4) is 0 Å². The van der Waals surface area contributed by atoms with Crippen molar-refractivity contribution in [2.45, 2.75) is 13.0 Å². The lowest BCUT2D eigenvalue weighted by atomic mass is 10.1. The molecule has 0 aromatic heterocycles. The first-order valence-electron chi connectivity index (χ1n) is 7.77. The van der Waals surface area contributed by atoms with E-state index in [0.717, 1.165) is 12.0 Å². The molecule has 0 radical (unpaired) electrons. The van der Waals surface area contributed by atoms with E-state index in [1.807, 2.05) is 30.3 Å². The summed E-state index contributed by atoms with van der Waals surface area (Å²) in [6.45, 7) is 0.658. The minimum Gasteiger partial charge on any atom is -0.354 e. The van der Waals surface area contributed by atoms with Crippen LogP contribution in [0.25, 0.3) is 0 Å².